The van der Waals surface area contributed by atoms with Crippen LogP contribution in [-0.4, -0.2) is 53.7 Å². The van der Waals surface area contributed by atoms with Crippen molar-refractivity contribution in [3.63, 3.8) is 0 Å². The molecule has 3 aromatic rings. The van der Waals surface area contributed by atoms with Gasteiger partial charge in [-0.1, -0.05) is 22.9 Å². The number of hydrogen-bond donors (Lipinski definition) is 0. The zero-order valence-corrected chi connectivity index (χ0v) is 17.5. The van der Waals surface area contributed by atoms with E-state index < -0.39 is 0 Å². The van der Waals surface area contributed by atoms with Crippen LogP contribution in [0.25, 0.3) is 11.4 Å². The first-order valence-electron chi connectivity index (χ1n) is 10.1. The van der Waals surface area contributed by atoms with Gasteiger partial charge in [0.2, 0.25) is 17.6 Å². The Morgan fingerprint density at radius 2 is 1.87 bits per heavy atom. The molecule has 2 heterocycles. The number of ether oxygens (including phenoxy) is 1. The third-order valence-corrected chi connectivity index (χ3v) is 5.46. The lowest BCUT2D eigenvalue weighted by Crippen LogP contribution is -2.54. The first-order chi connectivity index (χ1) is 14.5. The highest BCUT2D eigenvalue weighted by molar-refractivity contribution is 5.78. The maximum atomic E-state index is 12.8. The van der Waals surface area contributed by atoms with Gasteiger partial charge in [0, 0.05) is 36.9 Å². The van der Waals surface area contributed by atoms with Gasteiger partial charge in [-0.25, -0.2) is 0 Å². The summed E-state index contributed by atoms with van der Waals surface area (Å²) in [6.45, 7) is 6.38. The summed E-state index contributed by atoms with van der Waals surface area (Å²) < 4.78 is 10.5. The van der Waals surface area contributed by atoms with Crippen LogP contribution in [0, 0.1) is 6.92 Å². The van der Waals surface area contributed by atoms with Crippen molar-refractivity contribution in [3.05, 3.63) is 60.0 Å². The molecule has 0 unspecified atom stereocenters. The molecule has 1 fully saturated rings. The molecule has 0 aliphatic carbocycles. The first kappa shape index (κ1) is 19.9. The highest BCUT2D eigenvalue weighted by atomic mass is 16.5. The lowest BCUT2D eigenvalue weighted by molar-refractivity contribution is -0.131. The lowest BCUT2D eigenvalue weighted by Gasteiger charge is -2.41. The number of benzene rings is 2. The van der Waals surface area contributed by atoms with E-state index in [-0.39, 0.29) is 18.4 Å². The Bertz CT molecular complexity index is 998. The average Bonchev–Trinajstić information content (AvgIpc) is 3.23. The van der Waals surface area contributed by atoms with Crippen molar-refractivity contribution in [1.29, 1.82) is 0 Å². The highest BCUT2D eigenvalue weighted by Crippen LogP contribution is 2.22. The molecule has 30 heavy (non-hydrogen) atoms. The Balaban J connectivity index is 1.36. The van der Waals surface area contributed by atoms with Gasteiger partial charge in [-0.15, -0.1) is 0 Å². The van der Waals surface area contributed by atoms with Crippen molar-refractivity contribution in [2.24, 2.45) is 0 Å². The molecular weight excluding hydrogens is 380 g/mol. The van der Waals surface area contributed by atoms with Crippen LogP contribution in [0.5, 0.6) is 5.75 Å². The fraction of sp³-hybridized carbons (Fsp3) is 0.348. The Hall–Kier alpha value is -3.35. The standard InChI is InChI=1S/C23H26N4O3/c1-16-4-8-19(9-5-16)27-13-12-26(15-17(27)2)22(28)14-21-24-23(25-30-21)18-6-10-20(29-3)11-7-18/h4-11,17H,12-15H2,1-3H3/t17-/m0/s1. The van der Waals surface area contributed by atoms with E-state index in [1.807, 2.05) is 29.2 Å². The van der Waals surface area contributed by atoms with Crippen LogP contribution in [-0.2, 0) is 11.2 Å². The predicted molar refractivity (Wildman–Crippen MR) is 115 cm³/mol. The Labute approximate surface area is 176 Å². The normalized spacial score (nSPS) is 16.6. The molecule has 2 aromatic carbocycles. The van der Waals surface area contributed by atoms with Gasteiger partial charge < -0.3 is 19.1 Å². The number of carbonyl (C=O) groups is 1. The zero-order chi connectivity index (χ0) is 21.1. The summed E-state index contributed by atoms with van der Waals surface area (Å²) in [5.74, 6) is 1.57. The number of piperazine rings is 1. The molecule has 156 valence electrons. The van der Waals surface area contributed by atoms with Crippen molar-refractivity contribution >= 4 is 11.6 Å². The van der Waals surface area contributed by atoms with Crippen molar-refractivity contribution in [2.75, 3.05) is 31.6 Å². The molecular formula is C23H26N4O3. The third kappa shape index (κ3) is 4.30. The van der Waals surface area contributed by atoms with E-state index in [1.54, 1.807) is 7.11 Å². The molecule has 1 aliphatic heterocycles. The number of hydrogen-bond acceptors (Lipinski definition) is 6. The van der Waals surface area contributed by atoms with Gasteiger partial charge in [0.1, 0.15) is 12.2 Å². The Morgan fingerprint density at radius 3 is 2.53 bits per heavy atom. The van der Waals surface area contributed by atoms with Gasteiger partial charge in [-0.2, -0.15) is 4.98 Å². The van der Waals surface area contributed by atoms with Crippen molar-refractivity contribution in [3.8, 4) is 17.1 Å². The Kier molecular flexibility index (Phi) is 5.70. The van der Waals surface area contributed by atoms with E-state index in [9.17, 15) is 4.79 Å². The van der Waals surface area contributed by atoms with Gasteiger partial charge >= 0.3 is 0 Å². The van der Waals surface area contributed by atoms with Crippen molar-refractivity contribution in [1.82, 2.24) is 15.0 Å². The highest BCUT2D eigenvalue weighted by Gasteiger charge is 2.28. The lowest BCUT2D eigenvalue weighted by atomic mass is 10.1. The summed E-state index contributed by atoms with van der Waals surface area (Å²) in [4.78, 5) is 21.4. The fourth-order valence-electron chi connectivity index (χ4n) is 3.73. The summed E-state index contributed by atoms with van der Waals surface area (Å²) in [5, 5.41) is 4.01. The van der Waals surface area contributed by atoms with Crippen LogP contribution in [0.4, 0.5) is 5.69 Å². The Morgan fingerprint density at radius 1 is 1.13 bits per heavy atom. The molecule has 0 saturated carbocycles. The number of methoxy groups -OCH3 is 1. The molecule has 1 amide bonds. The third-order valence-electron chi connectivity index (χ3n) is 5.46. The quantitative estimate of drug-likeness (QED) is 0.647. The van der Waals surface area contributed by atoms with E-state index in [0.29, 0.717) is 24.8 Å². The van der Waals surface area contributed by atoms with Crippen LogP contribution >= 0.6 is 0 Å². The molecule has 0 bridgehead atoms. The molecule has 7 heteroatoms. The number of aryl methyl sites for hydroxylation is 1. The van der Waals surface area contributed by atoms with Crippen molar-refractivity contribution < 1.29 is 14.1 Å². The first-order valence-corrected chi connectivity index (χ1v) is 10.1. The number of carbonyl (C=O) groups excluding carboxylic acids is 1. The van der Waals surface area contributed by atoms with E-state index in [1.165, 1.54) is 11.3 Å². The topological polar surface area (TPSA) is 71.7 Å². The molecule has 0 spiro atoms. The molecule has 1 aliphatic rings. The minimum Gasteiger partial charge on any atom is -0.497 e. The van der Waals surface area contributed by atoms with Crippen LogP contribution < -0.4 is 9.64 Å². The van der Waals surface area contributed by atoms with Gasteiger partial charge in [-0.3, -0.25) is 4.79 Å². The molecule has 1 aromatic heterocycles. The SMILES string of the molecule is COc1ccc(-c2noc(CC(=O)N3CCN(c4ccc(C)cc4)[C@@H](C)C3)n2)cc1. The van der Waals surface area contributed by atoms with E-state index in [2.05, 4.69) is 53.2 Å². The maximum Gasteiger partial charge on any atom is 0.236 e. The minimum absolute atomic E-state index is 0.00957. The van der Waals surface area contributed by atoms with Gasteiger partial charge in [0.15, 0.2) is 0 Å². The van der Waals surface area contributed by atoms with E-state index >= 15 is 0 Å². The van der Waals surface area contributed by atoms with Gasteiger partial charge in [-0.05, 0) is 50.2 Å². The molecule has 1 atom stereocenters. The van der Waals surface area contributed by atoms with Gasteiger partial charge in [0.25, 0.3) is 0 Å². The smallest absolute Gasteiger partial charge is 0.236 e. The molecule has 0 radical (unpaired) electrons. The van der Waals surface area contributed by atoms with Crippen LogP contribution in [0.2, 0.25) is 0 Å². The summed E-state index contributed by atoms with van der Waals surface area (Å²) in [7, 11) is 1.62. The second-order valence-corrected chi connectivity index (χ2v) is 7.63. The number of anilines is 1. The molecule has 0 N–H and O–H groups in total. The number of amides is 1. The van der Waals surface area contributed by atoms with Crippen LogP contribution in [0.15, 0.2) is 53.1 Å². The number of rotatable bonds is 5. The molecule has 7 nitrogen and oxygen atoms in total. The largest absolute Gasteiger partial charge is 0.497 e. The zero-order valence-electron chi connectivity index (χ0n) is 17.5. The maximum absolute atomic E-state index is 12.8. The molecule has 4 rings (SSSR count). The van der Waals surface area contributed by atoms with E-state index in [4.69, 9.17) is 9.26 Å². The van der Waals surface area contributed by atoms with Crippen LogP contribution in [0.3, 0.4) is 0 Å². The summed E-state index contributed by atoms with van der Waals surface area (Å²) >= 11 is 0. The van der Waals surface area contributed by atoms with Crippen LogP contribution in [0.1, 0.15) is 18.4 Å². The van der Waals surface area contributed by atoms with E-state index in [0.717, 1.165) is 17.9 Å². The average molecular weight is 406 g/mol. The monoisotopic (exact) mass is 406 g/mol. The minimum atomic E-state index is 0.00957. The summed E-state index contributed by atoms with van der Waals surface area (Å²) in [5.41, 5.74) is 3.26. The fourth-order valence-corrected chi connectivity index (χ4v) is 3.73. The number of nitrogens with zero attached hydrogens (tertiary/aromatic N) is 4. The summed E-state index contributed by atoms with van der Waals surface area (Å²) in [6, 6.07) is 16.2. The second kappa shape index (κ2) is 8.57. The van der Waals surface area contributed by atoms with Crippen molar-refractivity contribution in [2.45, 2.75) is 26.3 Å². The predicted octanol–water partition coefficient (Wildman–Crippen LogP) is 3.33. The molecule has 1 saturated heterocycles. The second-order valence-electron chi connectivity index (χ2n) is 7.63. The summed E-state index contributed by atoms with van der Waals surface area (Å²) in [6.07, 6.45) is 0.112. The van der Waals surface area contributed by atoms with Gasteiger partial charge in [0.05, 0.1) is 7.11 Å². The number of aromatic nitrogens is 2.